The molecule has 9 heavy (non-hydrogen) atoms. The maximum Gasteiger partial charge on any atom is -0.0112 e. The van der Waals surface area contributed by atoms with Crippen LogP contribution in [0.25, 0.3) is 0 Å². The highest BCUT2D eigenvalue weighted by molar-refractivity contribution is 5.28. The molecule has 2 saturated carbocycles. The molecule has 0 amide bonds. The molecule has 0 heterocycles. The van der Waals surface area contributed by atoms with Crippen molar-refractivity contribution in [3.63, 3.8) is 0 Å². The molecule has 0 spiro atoms. The first kappa shape index (κ1) is 5.52. The monoisotopic (exact) mass is 122 g/mol. The van der Waals surface area contributed by atoms with E-state index < -0.39 is 0 Å². The zero-order valence-corrected chi connectivity index (χ0v) is 6.06. The molecule has 0 radical (unpaired) electrons. The first-order valence-electron chi connectivity index (χ1n) is 3.99. The van der Waals surface area contributed by atoms with Gasteiger partial charge in [-0.05, 0) is 24.2 Å². The Bertz CT molecular complexity index is 146. The third-order valence-corrected chi connectivity index (χ3v) is 3.02. The van der Waals surface area contributed by atoms with Crippen molar-refractivity contribution in [2.45, 2.75) is 26.2 Å². The van der Waals surface area contributed by atoms with Crippen LogP contribution < -0.4 is 0 Å². The fraction of sp³-hybridized carbons (Fsp3) is 0.778. The maximum absolute atomic E-state index is 4.06. The second-order valence-corrected chi connectivity index (χ2v) is 3.62. The second-order valence-electron chi connectivity index (χ2n) is 3.62. The highest BCUT2D eigenvalue weighted by atomic mass is 14.5. The molecule has 2 fully saturated rings. The van der Waals surface area contributed by atoms with Crippen LogP contribution in [0, 0.1) is 17.8 Å². The molecule has 0 aromatic carbocycles. The number of hydrogen-bond donors (Lipinski definition) is 0. The Morgan fingerprint density at radius 1 is 1.44 bits per heavy atom. The summed E-state index contributed by atoms with van der Waals surface area (Å²) in [5.41, 5.74) is 1.56. The van der Waals surface area contributed by atoms with Gasteiger partial charge in [0, 0.05) is 0 Å². The number of allylic oxidation sites excluding steroid dienone is 1. The molecular weight excluding hydrogens is 108 g/mol. The van der Waals surface area contributed by atoms with Gasteiger partial charge in [0.2, 0.25) is 0 Å². The quantitative estimate of drug-likeness (QED) is 0.433. The topological polar surface area (TPSA) is 0 Å². The molecule has 3 atom stereocenters. The minimum Gasteiger partial charge on any atom is -0.0992 e. The van der Waals surface area contributed by atoms with Gasteiger partial charge in [0.1, 0.15) is 0 Å². The minimum absolute atomic E-state index is 0.943. The van der Waals surface area contributed by atoms with Gasteiger partial charge < -0.3 is 0 Å². The average molecular weight is 122 g/mol. The summed E-state index contributed by atoms with van der Waals surface area (Å²) in [6.07, 6.45) is 4.33. The normalized spacial score (nSPS) is 48.6. The van der Waals surface area contributed by atoms with Gasteiger partial charge in [-0.15, -0.1) is 0 Å². The van der Waals surface area contributed by atoms with E-state index in [1.165, 1.54) is 19.3 Å². The van der Waals surface area contributed by atoms with E-state index in [9.17, 15) is 0 Å². The van der Waals surface area contributed by atoms with E-state index in [0.29, 0.717) is 0 Å². The molecule has 0 aromatic rings. The molecule has 0 unspecified atom stereocenters. The Balaban J connectivity index is 2.10. The van der Waals surface area contributed by atoms with Crippen molar-refractivity contribution >= 4 is 0 Å². The highest BCUT2D eigenvalue weighted by Crippen LogP contribution is 2.56. The number of rotatable bonds is 0. The van der Waals surface area contributed by atoms with Crippen LogP contribution in [0.1, 0.15) is 26.2 Å². The van der Waals surface area contributed by atoms with E-state index in [1.54, 1.807) is 5.57 Å². The van der Waals surface area contributed by atoms with Crippen molar-refractivity contribution in [1.82, 2.24) is 0 Å². The molecule has 0 bridgehead atoms. The molecule has 0 saturated heterocycles. The van der Waals surface area contributed by atoms with Gasteiger partial charge >= 0.3 is 0 Å². The number of fused-ring (bicyclic) bond motifs is 1. The summed E-state index contributed by atoms with van der Waals surface area (Å²) in [5.74, 6) is 2.85. The predicted octanol–water partition coefficient (Wildman–Crippen LogP) is 2.61. The summed E-state index contributed by atoms with van der Waals surface area (Å²) < 4.78 is 0. The van der Waals surface area contributed by atoms with E-state index in [1.807, 2.05) is 0 Å². The minimum atomic E-state index is 0.943. The average Bonchev–Trinajstić information content (AvgIpc) is 2.45. The Morgan fingerprint density at radius 3 is 2.78 bits per heavy atom. The van der Waals surface area contributed by atoms with E-state index in [0.717, 1.165) is 17.8 Å². The summed E-state index contributed by atoms with van der Waals surface area (Å²) >= 11 is 0. The summed E-state index contributed by atoms with van der Waals surface area (Å²) in [6, 6.07) is 0. The second kappa shape index (κ2) is 1.62. The molecule has 0 aromatic heterocycles. The van der Waals surface area contributed by atoms with E-state index in [2.05, 4.69) is 13.5 Å². The highest BCUT2D eigenvalue weighted by Gasteiger charge is 2.47. The smallest absolute Gasteiger partial charge is 0.0112 e. The molecule has 0 heteroatoms. The first-order chi connectivity index (χ1) is 4.30. The molecule has 2 aliphatic carbocycles. The lowest BCUT2D eigenvalue weighted by molar-refractivity contribution is 0.363. The molecule has 50 valence electrons. The van der Waals surface area contributed by atoms with Crippen molar-refractivity contribution in [2.24, 2.45) is 17.8 Å². The van der Waals surface area contributed by atoms with Crippen molar-refractivity contribution in [1.29, 1.82) is 0 Å². The molecule has 2 aliphatic rings. The maximum atomic E-state index is 4.06. The lowest BCUT2D eigenvalue weighted by atomic mass is 9.91. The van der Waals surface area contributed by atoms with Gasteiger partial charge in [0.15, 0.2) is 0 Å². The first-order valence-corrected chi connectivity index (χ1v) is 3.99. The van der Waals surface area contributed by atoms with E-state index >= 15 is 0 Å². The molecular formula is C9H14. The summed E-state index contributed by atoms with van der Waals surface area (Å²) in [6.45, 7) is 6.43. The van der Waals surface area contributed by atoms with Crippen LogP contribution >= 0.6 is 0 Å². The lowest BCUT2D eigenvalue weighted by Gasteiger charge is -2.14. The molecule has 0 N–H and O–H groups in total. The zero-order chi connectivity index (χ0) is 6.43. The molecule has 0 nitrogen and oxygen atoms in total. The van der Waals surface area contributed by atoms with Crippen LogP contribution in [0.15, 0.2) is 12.2 Å². The third-order valence-electron chi connectivity index (χ3n) is 3.02. The Hall–Kier alpha value is -0.260. The molecule has 0 aliphatic heterocycles. The van der Waals surface area contributed by atoms with Crippen LogP contribution in [0.4, 0.5) is 0 Å². The van der Waals surface area contributed by atoms with Crippen LogP contribution in [0.2, 0.25) is 0 Å². The van der Waals surface area contributed by atoms with Gasteiger partial charge in [-0.25, -0.2) is 0 Å². The fourth-order valence-electron chi connectivity index (χ4n) is 2.37. The lowest BCUT2D eigenvalue weighted by Crippen LogP contribution is -2.04. The largest absolute Gasteiger partial charge is 0.0992 e. The van der Waals surface area contributed by atoms with E-state index in [-0.39, 0.29) is 0 Å². The standard InChI is InChI=1S/C9H14/c1-6-4-3-5-8-7(2)9(6)8/h6,8-9H,2-5H2,1H3/t6-,8+,9-/m1/s1. The van der Waals surface area contributed by atoms with Crippen LogP contribution in [0.3, 0.4) is 0 Å². The van der Waals surface area contributed by atoms with Gasteiger partial charge in [0.05, 0.1) is 0 Å². The van der Waals surface area contributed by atoms with Gasteiger partial charge in [-0.1, -0.05) is 31.9 Å². The van der Waals surface area contributed by atoms with Crippen LogP contribution in [-0.4, -0.2) is 0 Å². The Morgan fingerprint density at radius 2 is 2.22 bits per heavy atom. The summed E-state index contributed by atoms with van der Waals surface area (Å²) in [7, 11) is 0. The van der Waals surface area contributed by atoms with Gasteiger partial charge in [-0.2, -0.15) is 0 Å². The zero-order valence-electron chi connectivity index (χ0n) is 6.06. The predicted molar refractivity (Wildman–Crippen MR) is 39.1 cm³/mol. The van der Waals surface area contributed by atoms with Crippen molar-refractivity contribution < 1.29 is 0 Å². The number of hydrogen-bond acceptors (Lipinski definition) is 0. The van der Waals surface area contributed by atoms with E-state index in [4.69, 9.17) is 0 Å². The van der Waals surface area contributed by atoms with Crippen LogP contribution in [0.5, 0.6) is 0 Å². The van der Waals surface area contributed by atoms with Crippen molar-refractivity contribution in [2.75, 3.05) is 0 Å². The van der Waals surface area contributed by atoms with Crippen molar-refractivity contribution in [3.05, 3.63) is 12.2 Å². The summed E-state index contributed by atoms with van der Waals surface area (Å²) in [5, 5.41) is 0. The van der Waals surface area contributed by atoms with Gasteiger partial charge in [0.25, 0.3) is 0 Å². The third kappa shape index (κ3) is 0.654. The Kier molecular flexibility index (Phi) is 0.992. The molecule has 2 rings (SSSR count). The van der Waals surface area contributed by atoms with Crippen LogP contribution in [-0.2, 0) is 0 Å². The van der Waals surface area contributed by atoms with Crippen molar-refractivity contribution in [3.8, 4) is 0 Å². The Labute approximate surface area is 57.0 Å². The SMILES string of the molecule is C=C1[C@H]2[C@H](C)CCC[C@@H]12. The van der Waals surface area contributed by atoms with Gasteiger partial charge in [-0.3, -0.25) is 0 Å². The summed E-state index contributed by atoms with van der Waals surface area (Å²) in [4.78, 5) is 0. The fourth-order valence-corrected chi connectivity index (χ4v) is 2.37.